The number of esters is 1. The summed E-state index contributed by atoms with van der Waals surface area (Å²) in [5.74, 6) is -0.356. The van der Waals surface area contributed by atoms with Crippen molar-refractivity contribution < 1.29 is 9.53 Å². The average molecular weight is 318 g/mol. The van der Waals surface area contributed by atoms with E-state index in [-0.39, 0.29) is 5.97 Å². The molecule has 1 heterocycles. The highest BCUT2D eigenvalue weighted by Crippen LogP contribution is 2.17. The third-order valence-electron chi connectivity index (χ3n) is 3.66. The van der Waals surface area contributed by atoms with Crippen molar-refractivity contribution in [2.75, 3.05) is 7.11 Å². The van der Waals surface area contributed by atoms with Gasteiger partial charge in [-0.1, -0.05) is 54.6 Å². The van der Waals surface area contributed by atoms with E-state index in [1.54, 1.807) is 6.08 Å². The van der Waals surface area contributed by atoms with Crippen LogP contribution in [0.1, 0.15) is 11.1 Å². The number of benzene rings is 2. The van der Waals surface area contributed by atoms with Crippen LogP contribution in [0, 0.1) is 0 Å². The molecule has 0 fully saturated rings. The Hall–Kier alpha value is -3.14. The molecule has 0 saturated heterocycles. The van der Waals surface area contributed by atoms with Gasteiger partial charge in [0.1, 0.15) is 0 Å². The Balaban J connectivity index is 1.67. The molecule has 0 bridgehead atoms. The van der Waals surface area contributed by atoms with Gasteiger partial charge in [-0.3, -0.25) is 0 Å². The van der Waals surface area contributed by atoms with Crippen molar-refractivity contribution in [3.05, 3.63) is 84.3 Å². The maximum atomic E-state index is 11.1. The summed E-state index contributed by atoms with van der Waals surface area (Å²) in [6.07, 6.45) is 7.03. The summed E-state index contributed by atoms with van der Waals surface area (Å²) >= 11 is 0. The lowest BCUT2D eigenvalue weighted by Crippen LogP contribution is -1.96. The normalized spacial score (nSPS) is 10.9. The lowest BCUT2D eigenvalue weighted by molar-refractivity contribution is -0.134. The maximum absolute atomic E-state index is 11.1. The molecular weight excluding hydrogens is 300 g/mol. The van der Waals surface area contributed by atoms with Crippen molar-refractivity contribution in [3.63, 3.8) is 0 Å². The number of methoxy groups -OCH3 is 1. The zero-order valence-electron chi connectivity index (χ0n) is 13.4. The van der Waals surface area contributed by atoms with Gasteiger partial charge in [0.15, 0.2) is 0 Å². The second-order valence-electron chi connectivity index (χ2n) is 5.40. The van der Waals surface area contributed by atoms with Crippen molar-refractivity contribution in [2.24, 2.45) is 0 Å². The molecule has 120 valence electrons. The minimum absolute atomic E-state index is 0.356. The molecule has 0 aliphatic rings. The fraction of sp³-hybridized carbons (Fsp3) is 0.100. The number of carbonyl (C=O) groups excluding carboxylic acids is 1. The molecule has 0 atom stereocenters. The van der Waals surface area contributed by atoms with Crippen LogP contribution in [-0.2, 0) is 16.1 Å². The largest absolute Gasteiger partial charge is 0.466 e. The summed E-state index contributed by atoms with van der Waals surface area (Å²) in [6.45, 7) is 0.751. The standard InChI is InChI=1S/C20H18N2O2/c1-24-20(23)12-11-16-7-9-17(10-8-16)13-22-14-19(21-15-22)18-5-3-2-4-6-18/h2-12,14-15H,13H2,1H3/b12-11+. The fourth-order valence-corrected chi connectivity index (χ4v) is 2.38. The number of ether oxygens (including phenoxy) is 1. The van der Waals surface area contributed by atoms with E-state index in [4.69, 9.17) is 0 Å². The van der Waals surface area contributed by atoms with Crippen LogP contribution in [0.5, 0.6) is 0 Å². The van der Waals surface area contributed by atoms with Crippen LogP contribution in [0.15, 0.2) is 73.2 Å². The van der Waals surface area contributed by atoms with Crippen molar-refractivity contribution in [1.82, 2.24) is 9.55 Å². The van der Waals surface area contributed by atoms with Crippen LogP contribution in [0.3, 0.4) is 0 Å². The molecule has 0 unspecified atom stereocenters. The molecular formula is C20H18N2O2. The first-order valence-corrected chi connectivity index (χ1v) is 7.67. The van der Waals surface area contributed by atoms with Crippen LogP contribution in [0.2, 0.25) is 0 Å². The summed E-state index contributed by atoms with van der Waals surface area (Å²) in [7, 11) is 1.37. The number of nitrogens with zero attached hydrogens (tertiary/aromatic N) is 2. The summed E-state index contributed by atoms with van der Waals surface area (Å²) in [6, 6.07) is 18.1. The number of rotatable bonds is 5. The third-order valence-corrected chi connectivity index (χ3v) is 3.66. The Bertz CT molecular complexity index is 834. The molecule has 3 rings (SSSR count). The van der Waals surface area contributed by atoms with Crippen molar-refractivity contribution >= 4 is 12.0 Å². The van der Waals surface area contributed by atoms with Crippen molar-refractivity contribution in [1.29, 1.82) is 0 Å². The Morgan fingerprint density at radius 1 is 1.12 bits per heavy atom. The highest BCUT2D eigenvalue weighted by molar-refractivity contribution is 5.86. The first-order valence-electron chi connectivity index (χ1n) is 7.67. The highest BCUT2D eigenvalue weighted by Gasteiger charge is 2.02. The van der Waals surface area contributed by atoms with Gasteiger partial charge >= 0.3 is 5.97 Å². The molecule has 1 aromatic heterocycles. The van der Waals surface area contributed by atoms with Crippen LogP contribution in [0.25, 0.3) is 17.3 Å². The Morgan fingerprint density at radius 2 is 1.88 bits per heavy atom. The number of imidazole rings is 1. The predicted octanol–water partition coefficient (Wildman–Crippen LogP) is 3.78. The average Bonchev–Trinajstić information content (AvgIpc) is 3.10. The van der Waals surface area contributed by atoms with Crippen molar-refractivity contribution in [2.45, 2.75) is 6.54 Å². The van der Waals surface area contributed by atoms with Gasteiger partial charge in [0, 0.05) is 24.4 Å². The predicted molar refractivity (Wildman–Crippen MR) is 94.3 cm³/mol. The summed E-state index contributed by atoms with van der Waals surface area (Å²) in [5, 5.41) is 0. The maximum Gasteiger partial charge on any atom is 0.330 e. The zero-order chi connectivity index (χ0) is 16.8. The fourth-order valence-electron chi connectivity index (χ4n) is 2.38. The molecule has 0 saturated carbocycles. The van der Waals surface area contributed by atoms with Gasteiger partial charge in [-0.25, -0.2) is 9.78 Å². The minimum atomic E-state index is -0.356. The lowest BCUT2D eigenvalue weighted by Gasteiger charge is -2.03. The first-order chi connectivity index (χ1) is 11.7. The van der Waals surface area contributed by atoms with E-state index in [2.05, 4.69) is 26.4 Å². The molecule has 4 nitrogen and oxygen atoms in total. The van der Waals surface area contributed by atoms with Gasteiger partial charge in [-0.15, -0.1) is 0 Å². The number of aromatic nitrogens is 2. The lowest BCUT2D eigenvalue weighted by atomic mass is 10.1. The Morgan fingerprint density at radius 3 is 2.58 bits per heavy atom. The Labute approximate surface area is 141 Å². The van der Waals surface area contributed by atoms with E-state index >= 15 is 0 Å². The molecule has 0 aliphatic heterocycles. The quantitative estimate of drug-likeness (QED) is 0.531. The van der Waals surface area contributed by atoms with E-state index in [9.17, 15) is 4.79 Å². The van der Waals surface area contributed by atoms with Gasteiger partial charge in [0.05, 0.1) is 19.1 Å². The Kier molecular flexibility index (Phi) is 4.87. The second-order valence-corrected chi connectivity index (χ2v) is 5.40. The summed E-state index contributed by atoms with van der Waals surface area (Å²) in [4.78, 5) is 15.6. The molecule has 2 aromatic carbocycles. The van der Waals surface area contributed by atoms with Gasteiger partial charge in [-0.05, 0) is 17.2 Å². The molecule has 0 N–H and O–H groups in total. The highest BCUT2D eigenvalue weighted by atomic mass is 16.5. The molecule has 0 amide bonds. The molecule has 3 aromatic rings. The first kappa shape index (κ1) is 15.7. The minimum Gasteiger partial charge on any atom is -0.466 e. The number of hydrogen-bond acceptors (Lipinski definition) is 3. The van der Waals surface area contributed by atoms with Gasteiger partial charge in [0.2, 0.25) is 0 Å². The second kappa shape index (κ2) is 7.42. The summed E-state index contributed by atoms with van der Waals surface area (Å²) in [5.41, 5.74) is 4.20. The molecule has 0 radical (unpaired) electrons. The van der Waals surface area contributed by atoms with E-state index in [1.165, 1.54) is 18.7 Å². The molecule has 4 heteroatoms. The third kappa shape index (κ3) is 3.98. The number of carbonyl (C=O) groups is 1. The molecule has 0 spiro atoms. The zero-order valence-corrected chi connectivity index (χ0v) is 13.4. The molecule has 0 aliphatic carbocycles. The SMILES string of the molecule is COC(=O)/C=C/c1ccc(Cn2cnc(-c3ccccc3)c2)cc1. The smallest absolute Gasteiger partial charge is 0.330 e. The van der Waals surface area contributed by atoms with Gasteiger partial charge in [-0.2, -0.15) is 0 Å². The molecule has 24 heavy (non-hydrogen) atoms. The van der Waals surface area contributed by atoms with Crippen LogP contribution in [-0.4, -0.2) is 22.6 Å². The van der Waals surface area contributed by atoms with E-state index in [0.717, 1.165) is 23.4 Å². The number of hydrogen-bond donors (Lipinski definition) is 0. The van der Waals surface area contributed by atoms with E-state index in [0.29, 0.717) is 0 Å². The van der Waals surface area contributed by atoms with Crippen molar-refractivity contribution in [3.8, 4) is 11.3 Å². The van der Waals surface area contributed by atoms with Crippen LogP contribution in [0.4, 0.5) is 0 Å². The summed E-state index contributed by atoms with van der Waals surface area (Å²) < 4.78 is 6.63. The topological polar surface area (TPSA) is 44.1 Å². The monoisotopic (exact) mass is 318 g/mol. The van der Waals surface area contributed by atoms with Gasteiger partial charge < -0.3 is 9.30 Å². The van der Waals surface area contributed by atoms with Gasteiger partial charge in [0.25, 0.3) is 0 Å². The van der Waals surface area contributed by atoms with E-state index < -0.39 is 0 Å². The van der Waals surface area contributed by atoms with Crippen LogP contribution >= 0.6 is 0 Å². The van der Waals surface area contributed by atoms with E-state index in [1.807, 2.05) is 55.0 Å². The van der Waals surface area contributed by atoms with Crippen LogP contribution < -0.4 is 0 Å².